The van der Waals surface area contributed by atoms with E-state index in [1.807, 2.05) is 0 Å². The topological polar surface area (TPSA) is 69.7 Å². The molecule has 1 heterocycles. The number of hydrogen-bond acceptors (Lipinski definition) is 5. The highest BCUT2D eigenvalue weighted by Gasteiger charge is 2.19. The van der Waals surface area contributed by atoms with Crippen LogP contribution in [0.25, 0.3) is 0 Å². The summed E-state index contributed by atoms with van der Waals surface area (Å²) in [5.41, 5.74) is 0. The van der Waals surface area contributed by atoms with Gasteiger partial charge >= 0.3 is 17.9 Å². The molecule has 0 atom stereocenters. The number of carbonyl (C=O) groups excluding carboxylic acids is 3. The molecule has 0 aromatic carbocycles. The molecule has 1 aliphatic heterocycles. The van der Waals surface area contributed by atoms with E-state index in [9.17, 15) is 14.4 Å². The van der Waals surface area contributed by atoms with E-state index in [0.717, 1.165) is 6.42 Å². The minimum Gasteiger partial charge on any atom is -0.469 e. The largest absolute Gasteiger partial charge is 0.469 e. The molecule has 186 valence electrons. The van der Waals surface area contributed by atoms with Crippen molar-refractivity contribution in [2.45, 2.75) is 135 Å². The van der Waals surface area contributed by atoms with Crippen LogP contribution in [0.1, 0.15) is 135 Å². The van der Waals surface area contributed by atoms with Gasteiger partial charge in [-0.1, -0.05) is 96.1 Å². The summed E-state index contributed by atoms with van der Waals surface area (Å²) in [4.78, 5) is 31.0. The van der Waals surface area contributed by atoms with Crippen LogP contribution < -0.4 is 0 Å². The Morgan fingerprint density at radius 3 is 1.50 bits per heavy atom. The van der Waals surface area contributed by atoms with Crippen molar-refractivity contribution in [1.29, 1.82) is 0 Å². The quantitative estimate of drug-likeness (QED) is 0.0873. The third-order valence-electron chi connectivity index (χ3n) is 5.63. The van der Waals surface area contributed by atoms with Crippen LogP contribution >= 0.6 is 0 Å². The summed E-state index contributed by atoms with van der Waals surface area (Å²) in [7, 11) is 1.47. The van der Waals surface area contributed by atoms with E-state index in [-0.39, 0.29) is 18.8 Å². The fraction of sp³-hybridized carbons (Fsp3) is 0.815. The van der Waals surface area contributed by atoms with Gasteiger partial charge in [0.15, 0.2) is 0 Å². The van der Waals surface area contributed by atoms with Gasteiger partial charge in [0.2, 0.25) is 0 Å². The zero-order chi connectivity index (χ0) is 23.7. The number of methoxy groups -OCH3 is 1. The van der Waals surface area contributed by atoms with E-state index in [0.29, 0.717) is 6.42 Å². The summed E-state index contributed by atoms with van der Waals surface area (Å²) in [6, 6.07) is 0. The van der Waals surface area contributed by atoms with E-state index >= 15 is 0 Å². The van der Waals surface area contributed by atoms with Crippen LogP contribution in [0.2, 0.25) is 0 Å². The molecule has 5 heteroatoms. The van der Waals surface area contributed by atoms with Gasteiger partial charge in [0.25, 0.3) is 0 Å². The number of rotatable bonds is 19. The van der Waals surface area contributed by atoms with E-state index in [1.54, 1.807) is 0 Å². The monoisotopic (exact) mass is 452 g/mol. The second-order valence-electron chi connectivity index (χ2n) is 8.67. The molecule has 0 N–H and O–H groups in total. The lowest BCUT2D eigenvalue weighted by Crippen LogP contribution is -1.99. The number of ether oxygens (including phenoxy) is 2. The molecular weight excluding hydrogens is 404 g/mol. The summed E-state index contributed by atoms with van der Waals surface area (Å²) in [5.74, 6) is -0.865. The Hall–Kier alpha value is -1.65. The van der Waals surface area contributed by atoms with Crippen molar-refractivity contribution in [3.8, 4) is 0 Å². The summed E-state index contributed by atoms with van der Waals surface area (Å²) in [6.45, 7) is 2.28. The summed E-state index contributed by atoms with van der Waals surface area (Å²) in [5, 5.41) is 0. The summed E-state index contributed by atoms with van der Waals surface area (Å²) >= 11 is 0. The van der Waals surface area contributed by atoms with Crippen molar-refractivity contribution in [1.82, 2.24) is 0 Å². The molecule has 0 saturated carbocycles. The van der Waals surface area contributed by atoms with E-state index in [2.05, 4.69) is 28.5 Å². The Labute approximate surface area is 196 Å². The van der Waals surface area contributed by atoms with Gasteiger partial charge < -0.3 is 9.47 Å². The first-order chi connectivity index (χ1) is 15.6. The number of hydrogen-bond donors (Lipinski definition) is 0. The number of cyclic esters (lactones) is 2. The van der Waals surface area contributed by atoms with Crippen LogP contribution in [-0.4, -0.2) is 25.0 Å². The molecular formula is C27H48O5. The minimum absolute atomic E-state index is 0.0685. The van der Waals surface area contributed by atoms with Crippen LogP contribution in [0.5, 0.6) is 0 Å². The first-order valence-corrected chi connectivity index (χ1v) is 13.1. The second kappa shape index (κ2) is 24.0. The van der Waals surface area contributed by atoms with Gasteiger partial charge in [0, 0.05) is 6.42 Å². The molecule has 5 nitrogen and oxygen atoms in total. The lowest BCUT2D eigenvalue weighted by molar-refractivity contribution is -0.152. The predicted molar refractivity (Wildman–Crippen MR) is 130 cm³/mol. The zero-order valence-electron chi connectivity index (χ0n) is 20.8. The Morgan fingerprint density at radius 2 is 1.12 bits per heavy atom. The van der Waals surface area contributed by atoms with Crippen LogP contribution in [0.3, 0.4) is 0 Å². The molecule has 1 fully saturated rings. The van der Waals surface area contributed by atoms with Gasteiger partial charge in [-0.25, -0.2) is 0 Å². The van der Waals surface area contributed by atoms with Gasteiger partial charge in [0.05, 0.1) is 20.0 Å². The molecule has 0 aromatic rings. The number of esters is 3. The molecule has 32 heavy (non-hydrogen) atoms. The maximum atomic E-state index is 11.0. The average molecular weight is 453 g/mol. The lowest BCUT2D eigenvalue weighted by atomic mass is 10.1. The second-order valence-corrected chi connectivity index (χ2v) is 8.67. The van der Waals surface area contributed by atoms with E-state index < -0.39 is 11.9 Å². The Morgan fingerprint density at radius 1 is 0.719 bits per heavy atom. The molecule has 1 aliphatic rings. The normalized spacial score (nSPS) is 13.2. The molecule has 1 rings (SSSR count). The number of allylic oxidation sites excluding steroid dienone is 2. The van der Waals surface area contributed by atoms with Crippen molar-refractivity contribution < 1.29 is 23.9 Å². The van der Waals surface area contributed by atoms with Crippen LogP contribution in [0.15, 0.2) is 12.2 Å². The standard InChI is InChI=1S/C23H44O2.C4H4O3/c1-3-4-5-6-7-8-9-10-11-12-13-14-15-16-17-18-19-20-21-22-23(24)25-2;5-3-1-2-4(6)7-3/h10-11H,3-9,12-22H2,1-2H3;1-2H2/b11-10-;. The molecule has 0 spiro atoms. The van der Waals surface area contributed by atoms with Crippen LogP contribution in [0.4, 0.5) is 0 Å². The third kappa shape index (κ3) is 23.0. The summed E-state index contributed by atoms with van der Waals surface area (Å²) in [6.07, 6.45) is 28.4. The van der Waals surface area contributed by atoms with Crippen LogP contribution in [0, 0.1) is 0 Å². The highest BCUT2D eigenvalue weighted by atomic mass is 16.6. The van der Waals surface area contributed by atoms with Crippen molar-refractivity contribution >= 4 is 17.9 Å². The Balaban J connectivity index is 0.00000115. The van der Waals surface area contributed by atoms with Gasteiger partial charge in [-0.2, -0.15) is 0 Å². The van der Waals surface area contributed by atoms with Crippen molar-refractivity contribution in [3.63, 3.8) is 0 Å². The lowest BCUT2D eigenvalue weighted by Gasteiger charge is -2.02. The molecule has 0 bridgehead atoms. The molecule has 0 aromatic heterocycles. The van der Waals surface area contributed by atoms with Crippen molar-refractivity contribution in [2.75, 3.05) is 7.11 Å². The van der Waals surface area contributed by atoms with Gasteiger partial charge in [0.1, 0.15) is 0 Å². The minimum atomic E-state index is -0.398. The highest BCUT2D eigenvalue weighted by molar-refractivity contribution is 5.92. The predicted octanol–water partition coefficient (Wildman–Crippen LogP) is 7.61. The third-order valence-corrected chi connectivity index (χ3v) is 5.63. The Bertz CT molecular complexity index is 484. The molecule has 0 radical (unpaired) electrons. The number of unbranched alkanes of at least 4 members (excludes halogenated alkanes) is 15. The smallest absolute Gasteiger partial charge is 0.314 e. The first-order valence-electron chi connectivity index (χ1n) is 13.1. The van der Waals surface area contributed by atoms with Crippen LogP contribution in [-0.2, 0) is 23.9 Å². The zero-order valence-corrected chi connectivity index (χ0v) is 20.8. The van der Waals surface area contributed by atoms with E-state index in [4.69, 9.17) is 0 Å². The average Bonchev–Trinajstić information content (AvgIpc) is 3.18. The maximum Gasteiger partial charge on any atom is 0.314 e. The van der Waals surface area contributed by atoms with E-state index in [1.165, 1.54) is 110 Å². The van der Waals surface area contributed by atoms with Gasteiger partial charge in [-0.05, 0) is 32.1 Å². The SMILES string of the molecule is CCCCCCCC/C=C\CCCCCCCCCCCC(=O)OC.O=C1CCC(=O)O1. The summed E-state index contributed by atoms with van der Waals surface area (Å²) < 4.78 is 8.73. The number of carbonyl (C=O) groups is 3. The van der Waals surface area contributed by atoms with Crippen molar-refractivity contribution in [3.05, 3.63) is 12.2 Å². The fourth-order valence-electron chi connectivity index (χ4n) is 3.58. The van der Waals surface area contributed by atoms with Crippen molar-refractivity contribution in [2.24, 2.45) is 0 Å². The van der Waals surface area contributed by atoms with Gasteiger partial charge in [-0.3, -0.25) is 14.4 Å². The Kier molecular flexibility index (Phi) is 22.8. The molecule has 0 amide bonds. The first kappa shape index (κ1) is 30.4. The fourth-order valence-corrected chi connectivity index (χ4v) is 3.58. The molecule has 0 unspecified atom stereocenters. The molecule has 0 aliphatic carbocycles. The van der Waals surface area contributed by atoms with Gasteiger partial charge in [-0.15, -0.1) is 0 Å². The highest BCUT2D eigenvalue weighted by Crippen LogP contribution is 2.12. The molecule has 1 saturated heterocycles. The maximum absolute atomic E-state index is 11.0.